The Morgan fingerprint density at radius 1 is 1.42 bits per heavy atom. The second kappa shape index (κ2) is 2.90. The van der Waals surface area contributed by atoms with Crippen LogP contribution in [-0.4, -0.2) is 9.79 Å². The Morgan fingerprint density at radius 2 is 2.00 bits per heavy atom. The van der Waals surface area contributed by atoms with E-state index in [1.807, 2.05) is 0 Å². The fourth-order valence-electron chi connectivity index (χ4n) is 0.939. The largest absolute Gasteiger partial charge is 0.398 e. The number of hydrogen-bond donors (Lipinski definition) is 3. The van der Waals surface area contributed by atoms with E-state index >= 15 is 0 Å². The minimum absolute atomic E-state index is 0.104. The van der Waals surface area contributed by atoms with Crippen molar-refractivity contribution in [2.24, 2.45) is 0 Å². The lowest BCUT2D eigenvalue weighted by molar-refractivity contribution is 0.387. The number of benzene rings is 1. The maximum Gasteiger partial charge on any atom is 0.358 e. The second-order valence-corrected chi connectivity index (χ2v) is 4.18. The maximum absolute atomic E-state index is 10.8. The van der Waals surface area contributed by atoms with E-state index in [0.29, 0.717) is 0 Å². The van der Waals surface area contributed by atoms with Gasteiger partial charge in [0.1, 0.15) is 0 Å². The zero-order chi connectivity index (χ0) is 9.35. The number of hydrogen-bond acceptors (Lipinski definition) is 2. The van der Waals surface area contributed by atoms with Crippen LogP contribution >= 0.6 is 7.60 Å². The predicted octanol–water partition coefficient (Wildman–Crippen LogP) is 0.380. The van der Waals surface area contributed by atoms with Crippen LogP contribution in [0.1, 0.15) is 5.56 Å². The standard InChI is InChI=1S/C7H10NO3P/c1-5-2-3-7(6(8)4-5)12(9,10)11/h2-4H,8H2,1H3,(H2,9,10,11). The molecule has 0 radical (unpaired) electrons. The SMILES string of the molecule is Cc1ccc(P(=O)(O)O)c(N)c1. The quantitative estimate of drug-likeness (QED) is 0.438. The molecule has 0 aliphatic heterocycles. The number of nitrogen functional groups attached to an aromatic ring is 1. The molecular formula is C7H10NO3P. The van der Waals surface area contributed by atoms with E-state index in [1.54, 1.807) is 13.0 Å². The van der Waals surface area contributed by atoms with Crippen LogP contribution in [0.4, 0.5) is 5.69 Å². The summed E-state index contributed by atoms with van der Waals surface area (Å²) in [5, 5.41) is -0.104. The van der Waals surface area contributed by atoms with Gasteiger partial charge in [-0.25, -0.2) is 0 Å². The fraction of sp³-hybridized carbons (Fsp3) is 0.143. The molecule has 5 heteroatoms. The highest BCUT2D eigenvalue weighted by atomic mass is 31.2. The molecule has 66 valence electrons. The minimum atomic E-state index is -4.20. The second-order valence-electron chi connectivity index (χ2n) is 2.61. The molecule has 0 aliphatic carbocycles. The summed E-state index contributed by atoms with van der Waals surface area (Å²) in [5.74, 6) is 0. The molecule has 0 saturated heterocycles. The van der Waals surface area contributed by atoms with Gasteiger partial charge in [0.25, 0.3) is 0 Å². The smallest absolute Gasteiger partial charge is 0.358 e. The number of anilines is 1. The lowest BCUT2D eigenvalue weighted by Crippen LogP contribution is -2.10. The molecule has 0 atom stereocenters. The summed E-state index contributed by atoms with van der Waals surface area (Å²) in [6.07, 6.45) is 0. The number of rotatable bonds is 1. The zero-order valence-corrected chi connectivity index (χ0v) is 7.45. The molecule has 0 amide bonds. The Kier molecular flexibility index (Phi) is 2.24. The Labute approximate surface area is 70.2 Å². The van der Waals surface area contributed by atoms with Crippen molar-refractivity contribution in [2.45, 2.75) is 6.92 Å². The summed E-state index contributed by atoms with van der Waals surface area (Å²) in [7, 11) is -4.20. The van der Waals surface area contributed by atoms with Crippen LogP contribution in [-0.2, 0) is 4.57 Å². The summed E-state index contributed by atoms with van der Waals surface area (Å²) in [6.45, 7) is 1.81. The zero-order valence-electron chi connectivity index (χ0n) is 6.56. The lowest BCUT2D eigenvalue weighted by Gasteiger charge is -2.07. The third-order valence-electron chi connectivity index (χ3n) is 1.50. The third kappa shape index (κ3) is 1.85. The van der Waals surface area contributed by atoms with Gasteiger partial charge in [-0.3, -0.25) is 4.57 Å². The van der Waals surface area contributed by atoms with Crippen molar-refractivity contribution < 1.29 is 14.4 Å². The molecule has 1 aromatic rings. The van der Waals surface area contributed by atoms with E-state index < -0.39 is 7.60 Å². The van der Waals surface area contributed by atoms with Gasteiger partial charge in [-0.1, -0.05) is 6.07 Å². The van der Waals surface area contributed by atoms with Crippen molar-refractivity contribution >= 4 is 18.6 Å². The first kappa shape index (κ1) is 9.26. The first-order chi connectivity index (χ1) is 5.41. The highest BCUT2D eigenvalue weighted by Gasteiger charge is 2.19. The van der Waals surface area contributed by atoms with Crippen molar-refractivity contribution in [3.63, 3.8) is 0 Å². The molecule has 0 aromatic heterocycles. The van der Waals surface area contributed by atoms with Gasteiger partial charge in [-0.2, -0.15) is 0 Å². The van der Waals surface area contributed by atoms with E-state index in [9.17, 15) is 4.57 Å². The van der Waals surface area contributed by atoms with Gasteiger partial charge in [0.05, 0.1) is 5.30 Å². The molecule has 12 heavy (non-hydrogen) atoms. The molecule has 0 fully saturated rings. The van der Waals surface area contributed by atoms with Crippen LogP contribution in [0.3, 0.4) is 0 Å². The Hall–Kier alpha value is -0.830. The monoisotopic (exact) mass is 187 g/mol. The highest BCUT2D eigenvalue weighted by molar-refractivity contribution is 7.60. The van der Waals surface area contributed by atoms with Gasteiger partial charge < -0.3 is 15.5 Å². The first-order valence-electron chi connectivity index (χ1n) is 3.33. The summed E-state index contributed by atoms with van der Waals surface area (Å²) < 4.78 is 10.8. The lowest BCUT2D eigenvalue weighted by atomic mass is 10.2. The molecule has 1 aromatic carbocycles. The van der Waals surface area contributed by atoms with Gasteiger partial charge in [-0.15, -0.1) is 0 Å². The van der Waals surface area contributed by atoms with Crippen LogP contribution < -0.4 is 11.0 Å². The first-order valence-corrected chi connectivity index (χ1v) is 4.95. The highest BCUT2D eigenvalue weighted by Crippen LogP contribution is 2.35. The van der Waals surface area contributed by atoms with Crippen LogP contribution in [0.25, 0.3) is 0 Å². The minimum Gasteiger partial charge on any atom is -0.398 e. The van der Waals surface area contributed by atoms with E-state index in [-0.39, 0.29) is 11.0 Å². The molecule has 0 saturated carbocycles. The topological polar surface area (TPSA) is 83.5 Å². The maximum atomic E-state index is 10.8. The Morgan fingerprint density at radius 3 is 2.42 bits per heavy atom. The van der Waals surface area contributed by atoms with Crippen molar-refractivity contribution in [3.05, 3.63) is 23.8 Å². The van der Waals surface area contributed by atoms with Crippen LogP contribution in [0.5, 0.6) is 0 Å². The van der Waals surface area contributed by atoms with Gasteiger partial charge in [0.2, 0.25) is 0 Å². The van der Waals surface area contributed by atoms with E-state index in [0.717, 1.165) is 5.56 Å². The number of aryl methyl sites for hydroxylation is 1. The van der Waals surface area contributed by atoms with Crippen molar-refractivity contribution in [1.82, 2.24) is 0 Å². The average molecular weight is 187 g/mol. The van der Waals surface area contributed by atoms with E-state index in [4.69, 9.17) is 15.5 Å². The van der Waals surface area contributed by atoms with Gasteiger partial charge in [0, 0.05) is 5.69 Å². The summed E-state index contributed by atoms with van der Waals surface area (Å²) in [6, 6.07) is 4.50. The van der Waals surface area contributed by atoms with Crippen LogP contribution in [0.15, 0.2) is 18.2 Å². The molecule has 4 nitrogen and oxygen atoms in total. The fourth-order valence-corrected chi connectivity index (χ4v) is 1.61. The normalized spacial score (nSPS) is 11.6. The molecule has 4 N–H and O–H groups in total. The third-order valence-corrected chi connectivity index (χ3v) is 2.53. The number of nitrogens with two attached hydrogens (primary N) is 1. The van der Waals surface area contributed by atoms with Gasteiger partial charge >= 0.3 is 7.60 Å². The Balaban J connectivity index is 3.28. The Bertz CT molecular complexity index is 345. The van der Waals surface area contributed by atoms with Crippen molar-refractivity contribution in [1.29, 1.82) is 0 Å². The van der Waals surface area contributed by atoms with Crippen LogP contribution in [0, 0.1) is 6.92 Å². The van der Waals surface area contributed by atoms with Gasteiger partial charge in [0.15, 0.2) is 0 Å². The van der Waals surface area contributed by atoms with Crippen molar-refractivity contribution in [3.8, 4) is 0 Å². The molecule has 0 heterocycles. The average Bonchev–Trinajstić information content (AvgIpc) is 1.83. The molecule has 0 spiro atoms. The summed E-state index contributed by atoms with van der Waals surface area (Å²) >= 11 is 0. The van der Waals surface area contributed by atoms with E-state index in [2.05, 4.69) is 0 Å². The molecular weight excluding hydrogens is 177 g/mol. The molecule has 0 bridgehead atoms. The molecule has 0 unspecified atom stereocenters. The molecule has 1 rings (SSSR count). The summed E-state index contributed by atoms with van der Waals surface area (Å²) in [5.41, 5.74) is 6.44. The summed E-state index contributed by atoms with van der Waals surface area (Å²) in [4.78, 5) is 17.6. The van der Waals surface area contributed by atoms with Gasteiger partial charge in [-0.05, 0) is 24.6 Å². The van der Waals surface area contributed by atoms with E-state index in [1.165, 1.54) is 12.1 Å². The molecule has 0 aliphatic rings. The van der Waals surface area contributed by atoms with Crippen molar-refractivity contribution in [2.75, 3.05) is 5.73 Å². The van der Waals surface area contributed by atoms with Crippen LogP contribution in [0.2, 0.25) is 0 Å². The predicted molar refractivity (Wildman–Crippen MR) is 47.3 cm³/mol.